The van der Waals surface area contributed by atoms with E-state index in [4.69, 9.17) is 0 Å². The Bertz CT molecular complexity index is 1240. The van der Waals surface area contributed by atoms with Crippen molar-refractivity contribution in [3.05, 3.63) is 63.4 Å². The Morgan fingerprint density at radius 3 is 2.65 bits per heavy atom. The summed E-state index contributed by atoms with van der Waals surface area (Å²) >= 11 is 1.37. The van der Waals surface area contributed by atoms with Gasteiger partial charge in [-0.25, -0.2) is 4.98 Å². The van der Waals surface area contributed by atoms with Gasteiger partial charge in [-0.1, -0.05) is 29.0 Å². The van der Waals surface area contributed by atoms with Gasteiger partial charge in [-0.05, 0) is 43.7 Å². The predicted octanol–water partition coefficient (Wildman–Crippen LogP) is 3.41. The van der Waals surface area contributed by atoms with E-state index < -0.39 is 5.91 Å². The first-order valence-corrected chi connectivity index (χ1v) is 8.90. The fourth-order valence-corrected chi connectivity index (χ4v) is 3.84. The van der Waals surface area contributed by atoms with Gasteiger partial charge < -0.3 is 0 Å². The van der Waals surface area contributed by atoms with Crippen LogP contribution in [0.1, 0.15) is 21.6 Å². The van der Waals surface area contributed by atoms with Crippen LogP contribution < -0.4 is 10.7 Å². The molecule has 2 heterocycles. The monoisotopic (exact) mass is 364 g/mol. The first-order valence-electron chi connectivity index (χ1n) is 8.08. The molecule has 0 saturated heterocycles. The number of nitrogens with zero attached hydrogens (tertiary/aromatic N) is 3. The maximum Gasteiger partial charge on any atom is 0.281 e. The largest absolute Gasteiger partial charge is 0.296 e. The van der Waals surface area contributed by atoms with Crippen LogP contribution in [0.2, 0.25) is 0 Å². The Morgan fingerprint density at radius 2 is 1.85 bits per heavy atom. The highest BCUT2D eigenvalue weighted by Gasteiger charge is 2.18. The molecule has 4 rings (SSSR count). The van der Waals surface area contributed by atoms with Crippen LogP contribution in [0.15, 0.2) is 41.2 Å². The number of hydrogen-bond donors (Lipinski definition) is 1. The molecule has 0 unspecified atom stereocenters. The van der Waals surface area contributed by atoms with Crippen LogP contribution in [0.4, 0.5) is 5.13 Å². The van der Waals surface area contributed by atoms with Gasteiger partial charge in [0.2, 0.25) is 5.43 Å². The number of hydrogen-bond acceptors (Lipinski definition) is 5. The van der Waals surface area contributed by atoms with Crippen molar-refractivity contribution in [2.75, 3.05) is 5.32 Å². The number of nitrogens with one attached hydrogen (secondary N) is 1. The number of aromatic nitrogens is 3. The summed E-state index contributed by atoms with van der Waals surface area (Å²) in [5.41, 5.74) is 3.06. The van der Waals surface area contributed by atoms with E-state index in [9.17, 15) is 9.59 Å². The number of anilines is 1. The van der Waals surface area contributed by atoms with E-state index in [-0.39, 0.29) is 11.1 Å². The normalized spacial score (nSPS) is 11.2. The average molecular weight is 364 g/mol. The standard InChI is InChI=1S/C19H16N4O2S/c1-10-5-7-14-12(8-10)17(24)16(22-23(14)3)18(25)21-19-20-13-6-4-11(2)9-15(13)26-19/h4-9H,1-3H3,(H,20,21,25). The smallest absolute Gasteiger partial charge is 0.281 e. The SMILES string of the molecule is Cc1ccc2nc(NC(=O)c3nn(C)c4ccc(C)cc4c3=O)sc2c1. The maximum absolute atomic E-state index is 12.7. The lowest BCUT2D eigenvalue weighted by molar-refractivity contribution is 0.101. The minimum absolute atomic E-state index is 0.138. The van der Waals surface area contributed by atoms with E-state index in [1.807, 2.05) is 44.2 Å². The molecule has 2 aromatic heterocycles. The zero-order valence-corrected chi connectivity index (χ0v) is 15.3. The van der Waals surface area contributed by atoms with Crippen LogP contribution in [0.5, 0.6) is 0 Å². The molecule has 0 spiro atoms. The highest BCUT2D eigenvalue weighted by atomic mass is 32.1. The van der Waals surface area contributed by atoms with Crippen LogP contribution in [-0.4, -0.2) is 20.7 Å². The van der Waals surface area contributed by atoms with E-state index in [2.05, 4.69) is 15.4 Å². The molecule has 1 amide bonds. The summed E-state index contributed by atoms with van der Waals surface area (Å²) < 4.78 is 2.53. The second-order valence-corrected chi connectivity index (χ2v) is 7.30. The zero-order valence-electron chi connectivity index (χ0n) is 14.5. The number of carbonyl (C=O) groups excluding carboxylic acids is 1. The van der Waals surface area contributed by atoms with E-state index in [1.54, 1.807) is 17.8 Å². The predicted molar refractivity (Wildman–Crippen MR) is 104 cm³/mol. The third kappa shape index (κ3) is 2.76. The molecule has 0 bridgehead atoms. The van der Waals surface area contributed by atoms with E-state index >= 15 is 0 Å². The second-order valence-electron chi connectivity index (χ2n) is 6.27. The second kappa shape index (κ2) is 6.03. The number of thiazole rings is 1. The van der Waals surface area contributed by atoms with E-state index in [0.717, 1.165) is 21.3 Å². The molecule has 4 aromatic rings. The van der Waals surface area contributed by atoms with Gasteiger partial charge >= 0.3 is 0 Å². The van der Waals surface area contributed by atoms with Crippen LogP contribution >= 0.6 is 11.3 Å². The molecule has 1 N–H and O–H groups in total. The number of fused-ring (bicyclic) bond motifs is 2. The molecule has 0 radical (unpaired) electrons. The van der Waals surface area contributed by atoms with Crippen LogP contribution in [0.3, 0.4) is 0 Å². The summed E-state index contributed by atoms with van der Waals surface area (Å²) in [5.74, 6) is -0.551. The number of amides is 1. The Labute approximate surface area is 153 Å². The van der Waals surface area contributed by atoms with E-state index in [0.29, 0.717) is 16.0 Å². The van der Waals surface area contributed by atoms with Crippen LogP contribution in [0.25, 0.3) is 21.1 Å². The van der Waals surface area contributed by atoms with Gasteiger partial charge in [-0.15, -0.1) is 0 Å². The lowest BCUT2D eigenvalue weighted by Crippen LogP contribution is -2.26. The molecule has 0 fully saturated rings. The summed E-state index contributed by atoms with van der Waals surface area (Å²) in [7, 11) is 1.72. The molecular formula is C19H16N4O2S. The molecule has 0 saturated carbocycles. The first-order chi connectivity index (χ1) is 12.4. The van der Waals surface area contributed by atoms with Crippen molar-refractivity contribution in [3.8, 4) is 0 Å². The minimum Gasteiger partial charge on any atom is -0.296 e. The lowest BCUT2D eigenvalue weighted by Gasteiger charge is -2.08. The summed E-state index contributed by atoms with van der Waals surface area (Å²) in [4.78, 5) is 29.8. The van der Waals surface area contributed by atoms with Crippen LogP contribution in [-0.2, 0) is 7.05 Å². The van der Waals surface area contributed by atoms with Gasteiger partial charge in [0.15, 0.2) is 10.8 Å². The molecular weight excluding hydrogens is 348 g/mol. The summed E-state index contributed by atoms with van der Waals surface area (Å²) in [6.45, 7) is 3.91. The number of benzene rings is 2. The van der Waals surface area contributed by atoms with Crippen molar-refractivity contribution in [3.63, 3.8) is 0 Å². The van der Waals surface area contributed by atoms with Gasteiger partial charge in [-0.2, -0.15) is 5.10 Å². The fourth-order valence-electron chi connectivity index (χ4n) is 2.88. The van der Waals surface area contributed by atoms with Gasteiger partial charge in [0.25, 0.3) is 5.91 Å². The van der Waals surface area contributed by atoms with Gasteiger partial charge in [0, 0.05) is 7.05 Å². The molecule has 0 aliphatic heterocycles. The van der Waals surface area contributed by atoms with Crippen molar-refractivity contribution in [1.82, 2.24) is 14.8 Å². The Kier molecular flexibility index (Phi) is 3.81. The third-order valence-electron chi connectivity index (χ3n) is 4.19. The molecule has 0 atom stereocenters. The van der Waals surface area contributed by atoms with Crippen molar-refractivity contribution in [1.29, 1.82) is 0 Å². The molecule has 2 aromatic carbocycles. The van der Waals surface area contributed by atoms with Crippen molar-refractivity contribution in [2.45, 2.75) is 13.8 Å². The van der Waals surface area contributed by atoms with Crippen molar-refractivity contribution in [2.24, 2.45) is 7.05 Å². The van der Waals surface area contributed by atoms with Crippen LogP contribution in [0, 0.1) is 13.8 Å². The number of aryl methyl sites for hydroxylation is 3. The highest BCUT2D eigenvalue weighted by molar-refractivity contribution is 7.22. The highest BCUT2D eigenvalue weighted by Crippen LogP contribution is 2.26. The summed E-state index contributed by atoms with van der Waals surface area (Å²) in [6.07, 6.45) is 0. The first kappa shape index (κ1) is 16.4. The molecule has 130 valence electrons. The van der Waals surface area contributed by atoms with E-state index in [1.165, 1.54) is 11.3 Å². The number of carbonyl (C=O) groups is 1. The van der Waals surface area contributed by atoms with Gasteiger partial charge in [-0.3, -0.25) is 19.6 Å². The molecule has 26 heavy (non-hydrogen) atoms. The topological polar surface area (TPSA) is 76.9 Å². The minimum atomic E-state index is -0.551. The quantitative estimate of drug-likeness (QED) is 0.591. The lowest BCUT2D eigenvalue weighted by atomic mass is 10.1. The summed E-state index contributed by atoms with van der Waals surface area (Å²) in [6, 6.07) is 11.4. The third-order valence-corrected chi connectivity index (χ3v) is 5.12. The molecule has 0 aliphatic rings. The molecule has 6 nitrogen and oxygen atoms in total. The molecule has 7 heteroatoms. The van der Waals surface area contributed by atoms with Crippen molar-refractivity contribution < 1.29 is 4.79 Å². The van der Waals surface area contributed by atoms with Gasteiger partial charge in [0.1, 0.15) is 0 Å². The van der Waals surface area contributed by atoms with Gasteiger partial charge in [0.05, 0.1) is 21.1 Å². The fraction of sp³-hybridized carbons (Fsp3) is 0.158. The Hall–Kier alpha value is -3.06. The average Bonchev–Trinajstić information content (AvgIpc) is 2.99. The van der Waals surface area contributed by atoms with Crippen molar-refractivity contribution >= 4 is 43.5 Å². The Morgan fingerprint density at radius 1 is 1.12 bits per heavy atom. The Balaban J connectivity index is 1.75. The number of rotatable bonds is 2. The molecule has 0 aliphatic carbocycles. The maximum atomic E-state index is 12.7. The zero-order chi connectivity index (χ0) is 18.4. The summed E-state index contributed by atoms with van der Waals surface area (Å²) in [5, 5.41) is 7.80.